The van der Waals surface area contributed by atoms with Gasteiger partial charge >= 0.3 is 6.03 Å². The van der Waals surface area contributed by atoms with E-state index in [9.17, 15) is 14.4 Å². The van der Waals surface area contributed by atoms with Gasteiger partial charge in [-0.3, -0.25) is 14.5 Å². The third kappa shape index (κ3) is 4.41. The summed E-state index contributed by atoms with van der Waals surface area (Å²) in [5.74, 6) is 0.922. The predicted molar refractivity (Wildman–Crippen MR) is 118 cm³/mol. The van der Waals surface area contributed by atoms with E-state index in [1.807, 2.05) is 35.9 Å². The summed E-state index contributed by atoms with van der Waals surface area (Å²) in [6.07, 6.45) is 0.356. The number of hydrogen-bond acceptors (Lipinski definition) is 5. The van der Waals surface area contributed by atoms with Gasteiger partial charge in [0.25, 0.3) is 5.91 Å². The van der Waals surface area contributed by atoms with Gasteiger partial charge in [0.1, 0.15) is 17.6 Å². The minimum atomic E-state index is -0.706. The van der Waals surface area contributed by atoms with Crippen molar-refractivity contribution >= 4 is 28.9 Å². The number of nitrogens with zero attached hydrogens (tertiary/aromatic N) is 3. The van der Waals surface area contributed by atoms with Gasteiger partial charge in [0.15, 0.2) is 0 Å². The fourth-order valence-electron chi connectivity index (χ4n) is 3.73. The lowest BCUT2D eigenvalue weighted by atomic mass is 10.1. The Hall–Kier alpha value is -3.88. The van der Waals surface area contributed by atoms with Crippen LogP contribution in [0.4, 0.5) is 4.79 Å². The van der Waals surface area contributed by atoms with E-state index >= 15 is 0 Å². The number of benzene rings is 2. The summed E-state index contributed by atoms with van der Waals surface area (Å²) >= 11 is 0. The van der Waals surface area contributed by atoms with Gasteiger partial charge in [-0.1, -0.05) is 24.3 Å². The molecule has 4 amide bonds. The van der Waals surface area contributed by atoms with E-state index in [4.69, 9.17) is 4.74 Å². The first-order chi connectivity index (χ1) is 15.5. The van der Waals surface area contributed by atoms with Gasteiger partial charge in [-0.25, -0.2) is 9.78 Å². The van der Waals surface area contributed by atoms with Crippen LogP contribution in [0.3, 0.4) is 0 Å². The fraction of sp³-hybridized carbons (Fsp3) is 0.304. The Balaban J connectivity index is 1.28. The van der Waals surface area contributed by atoms with E-state index < -0.39 is 12.1 Å². The Morgan fingerprint density at radius 3 is 2.62 bits per heavy atom. The van der Waals surface area contributed by atoms with Crippen LogP contribution >= 0.6 is 0 Å². The largest absolute Gasteiger partial charge is 0.497 e. The van der Waals surface area contributed by atoms with Crippen molar-refractivity contribution in [2.45, 2.75) is 32.0 Å². The van der Waals surface area contributed by atoms with E-state index in [0.29, 0.717) is 12.3 Å². The predicted octanol–water partition coefficient (Wildman–Crippen LogP) is 2.10. The lowest BCUT2D eigenvalue weighted by Gasteiger charge is -2.13. The summed E-state index contributed by atoms with van der Waals surface area (Å²) in [4.78, 5) is 42.9. The van der Waals surface area contributed by atoms with Crippen molar-refractivity contribution in [2.75, 3.05) is 7.11 Å². The molecule has 1 aliphatic rings. The summed E-state index contributed by atoms with van der Waals surface area (Å²) in [5, 5.41) is 5.51. The Labute approximate surface area is 185 Å². The van der Waals surface area contributed by atoms with Crippen LogP contribution in [-0.4, -0.2) is 45.4 Å². The van der Waals surface area contributed by atoms with E-state index in [1.165, 1.54) is 4.90 Å². The normalized spacial score (nSPS) is 15.8. The van der Waals surface area contributed by atoms with Gasteiger partial charge < -0.3 is 19.9 Å². The zero-order valence-electron chi connectivity index (χ0n) is 18.0. The zero-order valence-corrected chi connectivity index (χ0v) is 18.0. The minimum absolute atomic E-state index is 0.122. The number of para-hydroxylation sites is 2. The molecule has 166 valence electrons. The molecule has 0 saturated carbocycles. The van der Waals surface area contributed by atoms with Crippen LogP contribution in [0.5, 0.6) is 5.75 Å². The van der Waals surface area contributed by atoms with Crippen molar-refractivity contribution in [3.05, 3.63) is 59.9 Å². The molecule has 2 N–H and O–H groups in total. The first-order valence-corrected chi connectivity index (χ1v) is 10.4. The smallest absolute Gasteiger partial charge is 0.325 e. The number of carbonyl (C=O) groups is 3. The van der Waals surface area contributed by atoms with E-state index in [2.05, 4.69) is 15.6 Å². The number of rotatable bonds is 8. The van der Waals surface area contributed by atoms with Crippen LogP contribution in [0.2, 0.25) is 0 Å². The quantitative estimate of drug-likeness (QED) is 0.527. The highest BCUT2D eigenvalue weighted by molar-refractivity contribution is 6.04. The van der Waals surface area contributed by atoms with Gasteiger partial charge in [-0.2, -0.15) is 0 Å². The first-order valence-electron chi connectivity index (χ1n) is 10.4. The second kappa shape index (κ2) is 9.09. The number of methoxy groups -OCH3 is 1. The lowest BCUT2D eigenvalue weighted by molar-refractivity contribution is -0.128. The summed E-state index contributed by atoms with van der Waals surface area (Å²) in [6, 6.07) is 13.8. The Bertz CT molecular complexity index is 1150. The number of amides is 4. The molecule has 0 aliphatic carbocycles. The molecule has 1 atom stereocenters. The fourth-order valence-corrected chi connectivity index (χ4v) is 3.73. The molecule has 3 aromatic rings. The molecule has 0 radical (unpaired) electrons. The Kier molecular flexibility index (Phi) is 6.07. The van der Waals surface area contributed by atoms with Crippen molar-refractivity contribution in [2.24, 2.45) is 7.05 Å². The van der Waals surface area contributed by atoms with Gasteiger partial charge in [0.05, 0.1) is 31.2 Å². The van der Waals surface area contributed by atoms with Crippen molar-refractivity contribution in [1.82, 2.24) is 25.1 Å². The highest BCUT2D eigenvalue weighted by atomic mass is 16.5. The summed E-state index contributed by atoms with van der Waals surface area (Å²) in [6.45, 7) is 0.461. The van der Waals surface area contributed by atoms with Crippen LogP contribution in [0.1, 0.15) is 24.2 Å². The molecule has 9 nitrogen and oxygen atoms in total. The maximum absolute atomic E-state index is 12.7. The summed E-state index contributed by atoms with van der Waals surface area (Å²) in [5.41, 5.74) is 2.68. The van der Waals surface area contributed by atoms with Gasteiger partial charge in [0.2, 0.25) is 5.91 Å². The molecule has 0 bridgehead atoms. The molecule has 9 heteroatoms. The second-order valence-corrected chi connectivity index (χ2v) is 7.67. The monoisotopic (exact) mass is 435 g/mol. The third-order valence-electron chi connectivity index (χ3n) is 5.59. The number of aromatic nitrogens is 2. The molecule has 2 aromatic carbocycles. The number of carbonyl (C=O) groups excluding carboxylic acids is 3. The molecule has 0 spiro atoms. The van der Waals surface area contributed by atoms with Crippen LogP contribution in [0.15, 0.2) is 48.5 Å². The molecular weight excluding hydrogens is 410 g/mol. The van der Waals surface area contributed by atoms with Crippen molar-refractivity contribution in [3.8, 4) is 5.75 Å². The van der Waals surface area contributed by atoms with Crippen LogP contribution in [-0.2, 0) is 29.7 Å². The first kappa shape index (κ1) is 21.4. The molecular formula is C23H25N5O4. The molecule has 32 heavy (non-hydrogen) atoms. The lowest BCUT2D eigenvalue weighted by Crippen LogP contribution is -2.32. The van der Waals surface area contributed by atoms with Crippen molar-refractivity contribution in [1.29, 1.82) is 0 Å². The van der Waals surface area contributed by atoms with E-state index in [-0.39, 0.29) is 31.2 Å². The number of hydrogen-bond donors (Lipinski definition) is 2. The zero-order chi connectivity index (χ0) is 22.7. The van der Waals surface area contributed by atoms with Crippen molar-refractivity contribution < 1.29 is 19.1 Å². The number of ether oxygens (including phenoxy) is 1. The topological polar surface area (TPSA) is 106 Å². The molecule has 2 heterocycles. The maximum Gasteiger partial charge on any atom is 0.325 e. The molecule has 1 fully saturated rings. The number of urea groups is 1. The average Bonchev–Trinajstić information content (AvgIpc) is 3.27. The van der Waals surface area contributed by atoms with Gasteiger partial charge in [0, 0.05) is 13.5 Å². The van der Waals surface area contributed by atoms with Crippen LogP contribution in [0.25, 0.3) is 11.0 Å². The summed E-state index contributed by atoms with van der Waals surface area (Å²) in [7, 11) is 3.48. The number of fused-ring (bicyclic) bond motifs is 1. The standard InChI is InChI=1S/C23H25N5O4/c1-27-19-6-4-3-5-17(19)25-20(27)13-24-21(29)12-11-18-22(30)28(23(31)26-18)14-15-7-9-16(32-2)10-8-15/h3-10,18H,11-14H2,1-2H3,(H,24,29)(H,26,31). The molecule has 1 aliphatic heterocycles. The number of imidazole rings is 1. The van der Waals surface area contributed by atoms with Gasteiger partial charge in [-0.15, -0.1) is 0 Å². The number of nitrogens with one attached hydrogen (secondary N) is 2. The Morgan fingerprint density at radius 1 is 1.16 bits per heavy atom. The maximum atomic E-state index is 12.7. The number of imide groups is 1. The molecule has 4 rings (SSSR count). The molecule has 1 unspecified atom stereocenters. The van der Waals surface area contributed by atoms with Crippen molar-refractivity contribution in [3.63, 3.8) is 0 Å². The third-order valence-corrected chi connectivity index (χ3v) is 5.59. The highest BCUT2D eigenvalue weighted by Gasteiger charge is 2.37. The van der Waals surface area contributed by atoms with E-state index in [1.54, 1.807) is 31.4 Å². The SMILES string of the molecule is COc1ccc(CN2C(=O)NC(CCC(=O)NCc3nc4ccccc4n3C)C2=O)cc1. The average molecular weight is 435 g/mol. The number of aryl methyl sites for hydroxylation is 1. The minimum Gasteiger partial charge on any atom is -0.497 e. The van der Waals surface area contributed by atoms with Gasteiger partial charge in [-0.05, 0) is 36.2 Å². The Morgan fingerprint density at radius 2 is 1.91 bits per heavy atom. The molecule has 1 aromatic heterocycles. The van der Waals surface area contributed by atoms with Crippen LogP contribution in [0, 0.1) is 0 Å². The highest BCUT2D eigenvalue weighted by Crippen LogP contribution is 2.18. The molecule has 1 saturated heterocycles. The second-order valence-electron chi connectivity index (χ2n) is 7.67. The summed E-state index contributed by atoms with van der Waals surface area (Å²) < 4.78 is 7.06. The van der Waals surface area contributed by atoms with E-state index in [0.717, 1.165) is 22.4 Å². The van der Waals surface area contributed by atoms with Crippen LogP contribution < -0.4 is 15.4 Å².